The molecule has 0 aliphatic rings. The van der Waals surface area contributed by atoms with Crippen molar-refractivity contribution in [2.24, 2.45) is 0 Å². The van der Waals surface area contributed by atoms with Gasteiger partial charge >= 0.3 is 6.09 Å². The van der Waals surface area contributed by atoms with Crippen LogP contribution in [0.1, 0.15) is 52.7 Å². The largest absolute Gasteiger partial charge is 0.465 e. The van der Waals surface area contributed by atoms with E-state index < -0.39 is 50.7 Å². The first-order chi connectivity index (χ1) is 18.0. The number of hydrogen-bond acceptors (Lipinski definition) is 6. The van der Waals surface area contributed by atoms with Crippen LogP contribution in [-0.2, 0) is 22.9 Å². The van der Waals surface area contributed by atoms with Gasteiger partial charge in [0.15, 0.2) is 0 Å². The summed E-state index contributed by atoms with van der Waals surface area (Å²) in [6.45, 7) is 10.1. The minimum Gasteiger partial charge on any atom is -0.465 e. The maximum atomic E-state index is 12.9. The van der Waals surface area contributed by atoms with Crippen molar-refractivity contribution in [1.82, 2.24) is 14.9 Å². The number of nitrogens with zero attached hydrogens (tertiary/aromatic N) is 1. The van der Waals surface area contributed by atoms with Crippen LogP contribution in [0.5, 0.6) is 0 Å². The fourth-order valence-electron chi connectivity index (χ4n) is 4.34. The van der Waals surface area contributed by atoms with Gasteiger partial charge in [-0.15, -0.1) is 0 Å². The zero-order valence-electron chi connectivity index (χ0n) is 23.8. The maximum Gasteiger partial charge on any atom is 0.408 e. The highest BCUT2D eigenvalue weighted by Crippen LogP contribution is 2.23. The molecule has 0 saturated carbocycles. The first-order valence-electron chi connectivity index (χ1n) is 13.2. The third-order valence-electron chi connectivity index (χ3n) is 6.57. The molecule has 0 radical (unpaired) electrons. The van der Waals surface area contributed by atoms with Crippen LogP contribution >= 0.6 is 0 Å². The molecule has 0 fully saturated rings. The SMILES string of the molecule is CC(C)(C)N(C(=O)O)[C@@H](Cc1ccccc1)[C@H](O)CNC[C@@H](O)[C@H](Cc1ccccc1)NS(=O)(=O)C(C)(C)C. The molecule has 0 aromatic heterocycles. The van der Waals surface area contributed by atoms with Crippen LogP contribution in [0.4, 0.5) is 4.79 Å². The smallest absolute Gasteiger partial charge is 0.408 e. The van der Waals surface area contributed by atoms with E-state index in [4.69, 9.17) is 0 Å². The lowest BCUT2D eigenvalue weighted by molar-refractivity contribution is 0.00643. The molecule has 0 bridgehead atoms. The van der Waals surface area contributed by atoms with Gasteiger partial charge in [0.1, 0.15) is 0 Å². The van der Waals surface area contributed by atoms with E-state index >= 15 is 0 Å². The van der Waals surface area contributed by atoms with Crippen molar-refractivity contribution in [2.45, 2.75) is 89.0 Å². The first-order valence-corrected chi connectivity index (χ1v) is 14.7. The lowest BCUT2D eigenvalue weighted by atomic mass is 9.94. The molecule has 0 aliphatic heterocycles. The fraction of sp³-hybridized carbons (Fsp3) is 0.552. The van der Waals surface area contributed by atoms with E-state index in [1.54, 1.807) is 41.5 Å². The van der Waals surface area contributed by atoms with E-state index in [-0.39, 0.29) is 19.5 Å². The molecule has 0 heterocycles. The average Bonchev–Trinajstić information content (AvgIpc) is 2.82. The molecule has 1 amide bonds. The Morgan fingerprint density at radius 2 is 1.28 bits per heavy atom. The number of amides is 1. The Labute approximate surface area is 233 Å². The number of carboxylic acid groups (broad SMARTS) is 1. The predicted octanol–water partition coefficient (Wildman–Crippen LogP) is 3.02. The van der Waals surface area contributed by atoms with Crippen molar-refractivity contribution in [3.05, 3.63) is 71.8 Å². The molecule has 0 aliphatic carbocycles. The van der Waals surface area contributed by atoms with E-state index in [0.717, 1.165) is 11.1 Å². The highest BCUT2D eigenvalue weighted by molar-refractivity contribution is 7.90. The van der Waals surface area contributed by atoms with Crippen molar-refractivity contribution < 1.29 is 28.5 Å². The van der Waals surface area contributed by atoms with Crippen LogP contribution in [0.3, 0.4) is 0 Å². The summed E-state index contributed by atoms with van der Waals surface area (Å²) in [6, 6.07) is 17.1. The lowest BCUT2D eigenvalue weighted by Gasteiger charge is -2.42. The first kappa shape index (κ1) is 32.7. The second-order valence-electron chi connectivity index (χ2n) is 11.9. The molecule has 2 aromatic carbocycles. The number of sulfonamides is 1. The number of nitrogens with one attached hydrogen (secondary N) is 2. The maximum absolute atomic E-state index is 12.9. The summed E-state index contributed by atoms with van der Waals surface area (Å²) in [5, 5.41) is 35.2. The summed E-state index contributed by atoms with van der Waals surface area (Å²) in [5.74, 6) is 0. The van der Waals surface area contributed by atoms with Crippen molar-refractivity contribution >= 4 is 16.1 Å². The van der Waals surface area contributed by atoms with Gasteiger partial charge in [-0.1, -0.05) is 60.7 Å². The summed E-state index contributed by atoms with van der Waals surface area (Å²) in [4.78, 5) is 13.5. The third-order valence-corrected chi connectivity index (χ3v) is 8.80. The number of rotatable bonds is 13. The topological polar surface area (TPSA) is 139 Å². The summed E-state index contributed by atoms with van der Waals surface area (Å²) in [7, 11) is -3.75. The number of aliphatic hydroxyl groups is 2. The van der Waals surface area contributed by atoms with Gasteiger partial charge in [-0.25, -0.2) is 17.9 Å². The Kier molecular flexibility index (Phi) is 11.5. The molecule has 218 valence electrons. The molecule has 0 saturated heterocycles. The van der Waals surface area contributed by atoms with Gasteiger partial charge in [0.05, 0.1) is 29.0 Å². The lowest BCUT2D eigenvalue weighted by Crippen LogP contribution is -2.58. The number of aliphatic hydroxyl groups excluding tert-OH is 2. The second kappa shape index (κ2) is 13.7. The standard InChI is InChI=1S/C29H45N3O6S/c1-28(2,3)32(27(35)36)24(18-22-15-11-8-12-16-22)26(34)20-30-19-25(33)23(17-21-13-9-7-10-14-21)31-39(37,38)29(4,5)6/h7-16,23-26,30-31,33-34H,17-20H2,1-6H3,(H,35,36)/t23-,24-,25+,26+/m0/s1. The zero-order chi connectivity index (χ0) is 29.4. The van der Waals surface area contributed by atoms with Gasteiger partial charge in [-0.2, -0.15) is 0 Å². The van der Waals surface area contributed by atoms with Crippen LogP contribution in [0.25, 0.3) is 0 Å². The van der Waals surface area contributed by atoms with Gasteiger partial charge in [-0.05, 0) is 65.5 Å². The predicted molar refractivity (Wildman–Crippen MR) is 154 cm³/mol. The van der Waals surface area contributed by atoms with Crippen molar-refractivity contribution in [3.8, 4) is 0 Å². The summed E-state index contributed by atoms with van der Waals surface area (Å²) in [5.41, 5.74) is 0.984. The fourth-order valence-corrected chi connectivity index (χ4v) is 5.33. The normalized spacial score (nSPS) is 15.8. The minimum absolute atomic E-state index is 0.00149. The van der Waals surface area contributed by atoms with Crippen molar-refractivity contribution in [2.75, 3.05) is 13.1 Å². The van der Waals surface area contributed by atoms with E-state index in [1.807, 2.05) is 60.7 Å². The van der Waals surface area contributed by atoms with Crippen LogP contribution in [0.2, 0.25) is 0 Å². The summed E-state index contributed by atoms with van der Waals surface area (Å²) < 4.78 is 27.4. The minimum atomic E-state index is -3.75. The van der Waals surface area contributed by atoms with E-state index in [2.05, 4.69) is 10.0 Å². The molecular formula is C29H45N3O6S. The van der Waals surface area contributed by atoms with Crippen LogP contribution in [0, 0.1) is 0 Å². The Hall–Kier alpha value is -2.50. The number of benzene rings is 2. The van der Waals surface area contributed by atoms with Gasteiger partial charge < -0.3 is 20.6 Å². The highest BCUT2D eigenvalue weighted by Gasteiger charge is 2.38. The molecule has 0 unspecified atom stereocenters. The molecule has 2 rings (SSSR count). The Morgan fingerprint density at radius 3 is 1.72 bits per heavy atom. The van der Waals surface area contributed by atoms with Gasteiger partial charge in [0.25, 0.3) is 0 Å². The number of carbonyl (C=O) groups is 1. The average molecular weight is 564 g/mol. The molecule has 5 N–H and O–H groups in total. The van der Waals surface area contributed by atoms with Crippen molar-refractivity contribution in [1.29, 1.82) is 0 Å². The highest BCUT2D eigenvalue weighted by atomic mass is 32.2. The summed E-state index contributed by atoms with van der Waals surface area (Å²) >= 11 is 0. The third kappa shape index (κ3) is 9.88. The van der Waals surface area contributed by atoms with Gasteiger partial charge in [0.2, 0.25) is 10.0 Å². The molecule has 0 spiro atoms. The zero-order valence-corrected chi connectivity index (χ0v) is 24.6. The van der Waals surface area contributed by atoms with E-state index in [9.17, 15) is 28.5 Å². The van der Waals surface area contributed by atoms with Crippen LogP contribution < -0.4 is 10.0 Å². The van der Waals surface area contributed by atoms with Gasteiger partial charge in [-0.3, -0.25) is 4.90 Å². The molecule has 2 aromatic rings. The molecule has 39 heavy (non-hydrogen) atoms. The van der Waals surface area contributed by atoms with E-state index in [0.29, 0.717) is 6.42 Å². The van der Waals surface area contributed by atoms with Crippen LogP contribution in [-0.4, -0.2) is 82.4 Å². The van der Waals surface area contributed by atoms with Gasteiger partial charge in [0, 0.05) is 18.6 Å². The Morgan fingerprint density at radius 1 is 0.821 bits per heavy atom. The Bertz CT molecular complexity index is 1130. The van der Waals surface area contributed by atoms with E-state index in [1.165, 1.54) is 4.90 Å². The molecule has 4 atom stereocenters. The van der Waals surface area contributed by atoms with Crippen LogP contribution in [0.15, 0.2) is 60.7 Å². The summed E-state index contributed by atoms with van der Waals surface area (Å²) in [6.07, 6.45) is -2.76. The molecule has 9 nitrogen and oxygen atoms in total. The quantitative estimate of drug-likeness (QED) is 0.252. The van der Waals surface area contributed by atoms with Crippen molar-refractivity contribution in [3.63, 3.8) is 0 Å². The molecule has 10 heteroatoms. The second-order valence-corrected chi connectivity index (χ2v) is 14.4. The molecular weight excluding hydrogens is 518 g/mol. The number of hydrogen-bond donors (Lipinski definition) is 5. The monoisotopic (exact) mass is 563 g/mol. The Balaban J connectivity index is 2.18.